The van der Waals surface area contributed by atoms with Gasteiger partial charge in [-0.3, -0.25) is 9.69 Å². The summed E-state index contributed by atoms with van der Waals surface area (Å²) in [5.74, 6) is -0.582. The van der Waals surface area contributed by atoms with Gasteiger partial charge in [-0.05, 0) is 67.1 Å². The largest absolute Gasteiger partial charge is 0.468 e. The molecule has 1 aliphatic rings. The van der Waals surface area contributed by atoms with Crippen molar-refractivity contribution in [2.75, 3.05) is 46.9 Å². The molecule has 1 fully saturated rings. The van der Waals surface area contributed by atoms with Crippen LogP contribution in [0.3, 0.4) is 0 Å². The number of halogens is 1. The molecule has 9 nitrogen and oxygen atoms in total. The Morgan fingerprint density at radius 1 is 0.977 bits per heavy atom. The molecule has 236 valence electrons. The van der Waals surface area contributed by atoms with Crippen LogP contribution in [0.5, 0.6) is 0 Å². The van der Waals surface area contributed by atoms with Crippen molar-refractivity contribution < 1.29 is 27.5 Å². The van der Waals surface area contributed by atoms with Crippen molar-refractivity contribution in [3.05, 3.63) is 101 Å². The number of rotatable bonds is 13. The number of likely N-dealkylation sites (N-methyl/N-ethyl adjacent to an activating group) is 1. The number of methoxy groups -OCH3 is 1. The Morgan fingerprint density at radius 3 is 2.27 bits per heavy atom. The van der Waals surface area contributed by atoms with Crippen molar-refractivity contribution in [3.8, 4) is 0 Å². The van der Waals surface area contributed by atoms with Gasteiger partial charge in [0.15, 0.2) is 0 Å². The van der Waals surface area contributed by atoms with Gasteiger partial charge in [0.05, 0.1) is 12.0 Å². The van der Waals surface area contributed by atoms with E-state index in [1.807, 2.05) is 54.6 Å². The van der Waals surface area contributed by atoms with Gasteiger partial charge in [-0.2, -0.15) is 0 Å². The van der Waals surface area contributed by atoms with Gasteiger partial charge in [0.25, 0.3) is 0 Å². The maximum atomic E-state index is 13.3. The number of amides is 1. The molecule has 11 heteroatoms. The summed E-state index contributed by atoms with van der Waals surface area (Å²) in [5, 5.41) is 0.603. The van der Waals surface area contributed by atoms with Crippen molar-refractivity contribution in [1.82, 2.24) is 14.1 Å². The minimum atomic E-state index is -3.66. The van der Waals surface area contributed by atoms with Gasteiger partial charge in [-0.1, -0.05) is 72.3 Å². The third-order valence-electron chi connectivity index (χ3n) is 8.01. The average molecular weight is 642 g/mol. The smallest absolute Gasteiger partial charge is 0.410 e. The van der Waals surface area contributed by atoms with E-state index in [0.717, 1.165) is 17.7 Å². The standard InChI is InChI=1S/C33H40ClN3O6S/c1-35(44(40,41)31-14-7-4-8-15-31)23-28(27-12-9-13-29(34)22-27)16-19-36-20-17-30(18-21-36)37(24-32(38)42-2)33(39)43-25-26-10-5-3-6-11-26/h3-15,22,28,30H,16-21,23-25H2,1-2H3/t28-/m1/s1. The Balaban J connectivity index is 1.38. The fraction of sp³-hybridized carbons (Fsp3) is 0.394. The van der Waals surface area contributed by atoms with Crippen LogP contribution in [-0.4, -0.2) is 87.5 Å². The first kappa shape index (κ1) is 33.5. The topological polar surface area (TPSA) is 96.5 Å². The molecule has 0 aliphatic carbocycles. The number of carbonyl (C=O) groups excluding carboxylic acids is 2. The maximum Gasteiger partial charge on any atom is 0.410 e. The SMILES string of the molecule is COC(=O)CN(C(=O)OCc1ccccc1)C1CCN(CC[C@H](CN(C)S(=O)(=O)c2ccccc2)c2cccc(Cl)c2)CC1. The molecule has 44 heavy (non-hydrogen) atoms. The van der Waals surface area contributed by atoms with Gasteiger partial charge < -0.3 is 14.4 Å². The maximum absolute atomic E-state index is 13.3. The van der Waals surface area contributed by atoms with E-state index in [1.165, 1.54) is 16.3 Å². The van der Waals surface area contributed by atoms with Crippen LogP contribution in [0.4, 0.5) is 4.79 Å². The summed E-state index contributed by atoms with van der Waals surface area (Å²) < 4.78 is 38.3. The molecule has 0 unspecified atom stereocenters. The van der Waals surface area contributed by atoms with E-state index in [1.54, 1.807) is 37.4 Å². The van der Waals surface area contributed by atoms with Gasteiger partial charge in [-0.25, -0.2) is 17.5 Å². The lowest BCUT2D eigenvalue weighted by Crippen LogP contribution is -2.49. The molecular formula is C33H40ClN3O6S. The number of carbonyl (C=O) groups is 2. The highest BCUT2D eigenvalue weighted by Crippen LogP contribution is 2.27. The van der Waals surface area contributed by atoms with Crippen molar-refractivity contribution in [2.45, 2.75) is 42.7 Å². The van der Waals surface area contributed by atoms with E-state index < -0.39 is 22.1 Å². The number of benzene rings is 3. The summed E-state index contributed by atoms with van der Waals surface area (Å²) in [7, 11) is -0.743. The lowest BCUT2D eigenvalue weighted by atomic mass is 9.94. The quantitative estimate of drug-likeness (QED) is 0.230. The third kappa shape index (κ3) is 9.28. The van der Waals surface area contributed by atoms with E-state index >= 15 is 0 Å². The molecule has 4 rings (SSSR count). The fourth-order valence-electron chi connectivity index (χ4n) is 5.45. The first-order valence-electron chi connectivity index (χ1n) is 14.7. The van der Waals surface area contributed by atoms with Crippen LogP contribution < -0.4 is 0 Å². The van der Waals surface area contributed by atoms with Crippen molar-refractivity contribution in [2.24, 2.45) is 0 Å². The number of esters is 1. The molecule has 3 aromatic rings. The number of piperidine rings is 1. The van der Waals surface area contributed by atoms with Crippen LogP contribution in [-0.2, 0) is 30.9 Å². The van der Waals surface area contributed by atoms with E-state index in [0.29, 0.717) is 43.9 Å². The number of hydrogen-bond donors (Lipinski definition) is 0. The molecule has 1 atom stereocenters. The van der Waals surface area contributed by atoms with Crippen LogP contribution in [0.2, 0.25) is 5.02 Å². The second-order valence-electron chi connectivity index (χ2n) is 11.0. The summed E-state index contributed by atoms with van der Waals surface area (Å²) in [4.78, 5) is 29.3. The molecule has 1 amide bonds. The highest BCUT2D eigenvalue weighted by atomic mass is 35.5. The number of ether oxygens (including phenoxy) is 2. The van der Waals surface area contributed by atoms with Gasteiger partial charge in [-0.15, -0.1) is 0 Å². The van der Waals surface area contributed by atoms with Gasteiger partial charge in [0.1, 0.15) is 13.2 Å². The van der Waals surface area contributed by atoms with Crippen LogP contribution >= 0.6 is 11.6 Å². The zero-order valence-electron chi connectivity index (χ0n) is 25.2. The first-order chi connectivity index (χ1) is 21.2. The summed E-state index contributed by atoms with van der Waals surface area (Å²) in [6.07, 6.45) is 1.51. The van der Waals surface area contributed by atoms with Crippen LogP contribution in [0.1, 0.15) is 36.3 Å². The minimum absolute atomic E-state index is 0.0845. The molecule has 1 aliphatic heterocycles. The van der Waals surface area contributed by atoms with Crippen molar-refractivity contribution in [1.29, 1.82) is 0 Å². The second-order valence-corrected chi connectivity index (χ2v) is 13.4. The molecule has 1 saturated heterocycles. The fourth-order valence-corrected chi connectivity index (χ4v) is 6.88. The minimum Gasteiger partial charge on any atom is -0.468 e. The van der Waals surface area contributed by atoms with Crippen molar-refractivity contribution in [3.63, 3.8) is 0 Å². The molecule has 0 N–H and O–H groups in total. The molecule has 0 radical (unpaired) electrons. The number of nitrogens with zero attached hydrogens (tertiary/aromatic N) is 3. The molecule has 1 heterocycles. The summed E-state index contributed by atoms with van der Waals surface area (Å²) in [5.41, 5.74) is 1.85. The second kappa shape index (κ2) is 16.0. The predicted octanol–water partition coefficient (Wildman–Crippen LogP) is 5.41. The van der Waals surface area contributed by atoms with E-state index in [4.69, 9.17) is 21.1 Å². The van der Waals surface area contributed by atoms with E-state index in [9.17, 15) is 18.0 Å². The Bertz CT molecular complexity index is 1470. The Morgan fingerprint density at radius 2 is 1.64 bits per heavy atom. The highest BCUT2D eigenvalue weighted by Gasteiger charge is 2.32. The Hall–Kier alpha value is -3.44. The highest BCUT2D eigenvalue weighted by molar-refractivity contribution is 7.89. The molecule has 0 spiro atoms. The Labute approximate surface area is 265 Å². The van der Waals surface area contributed by atoms with Gasteiger partial charge in [0.2, 0.25) is 10.0 Å². The van der Waals surface area contributed by atoms with Gasteiger partial charge >= 0.3 is 12.1 Å². The molecule has 0 saturated carbocycles. The lowest BCUT2D eigenvalue weighted by molar-refractivity contribution is -0.142. The van der Waals surface area contributed by atoms with Crippen LogP contribution in [0.25, 0.3) is 0 Å². The van der Waals surface area contributed by atoms with Crippen LogP contribution in [0.15, 0.2) is 89.8 Å². The van der Waals surface area contributed by atoms with Crippen molar-refractivity contribution >= 4 is 33.7 Å². The van der Waals surface area contributed by atoms with Gasteiger partial charge in [0, 0.05) is 37.7 Å². The lowest BCUT2D eigenvalue weighted by Gasteiger charge is -2.38. The monoisotopic (exact) mass is 641 g/mol. The number of likely N-dealkylation sites (tertiary alicyclic amines) is 1. The summed E-state index contributed by atoms with van der Waals surface area (Å²) in [6.45, 7) is 2.42. The number of sulfonamides is 1. The van der Waals surface area contributed by atoms with E-state index in [-0.39, 0.29) is 30.0 Å². The Kier molecular flexibility index (Phi) is 12.2. The number of hydrogen-bond acceptors (Lipinski definition) is 7. The predicted molar refractivity (Wildman–Crippen MR) is 170 cm³/mol. The molecular weight excluding hydrogens is 602 g/mol. The van der Waals surface area contributed by atoms with E-state index in [2.05, 4.69) is 4.90 Å². The zero-order chi connectivity index (χ0) is 31.5. The molecule has 0 bridgehead atoms. The molecule has 3 aromatic carbocycles. The normalized spacial score (nSPS) is 15.1. The average Bonchev–Trinajstić information content (AvgIpc) is 3.05. The summed E-state index contributed by atoms with van der Waals surface area (Å²) >= 11 is 6.32. The summed E-state index contributed by atoms with van der Waals surface area (Å²) in [6, 6.07) is 25.2. The molecule has 0 aromatic heterocycles. The third-order valence-corrected chi connectivity index (χ3v) is 10.1. The first-order valence-corrected chi connectivity index (χ1v) is 16.5. The van der Waals surface area contributed by atoms with Crippen LogP contribution in [0, 0.1) is 0 Å². The zero-order valence-corrected chi connectivity index (χ0v) is 26.8.